The van der Waals surface area contributed by atoms with Gasteiger partial charge in [0.05, 0.1) is 5.41 Å². The van der Waals surface area contributed by atoms with E-state index in [1.54, 1.807) is 6.92 Å². The van der Waals surface area contributed by atoms with Crippen LogP contribution in [0.1, 0.15) is 56.6 Å². The number of carboxylic acid groups (broad SMARTS) is 1. The van der Waals surface area contributed by atoms with Crippen LogP contribution in [-0.4, -0.2) is 53.7 Å². The molecule has 2 amide bonds. The van der Waals surface area contributed by atoms with Gasteiger partial charge in [0.15, 0.2) is 0 Å². The number of ether oxygens (including phenoxy) is 1. The van der Waals surface area contributed by atoms with Crippen molar-refractivity contribution < 1.29 is 24.2 Å². The van der Waals surface area contributed by atoms with Crippen LogP contribution in [0.3, 0.4) is 0 Å². The van der Waals surface area contributed by atoms with E-state index >= 15 is 0 Å². The first-order chi connectivity index (χ1) is 16.3. The molecule has 0 heterocycles. The Kier molecular flexibility index (Phi) is 6.91. The number of hydrogen-bond acceptors (Lipinski definition) is 4. The molecular formula is C27H32N2O5. The summed E-state index contributed by atoms with van der Waals surface area (Å²) in [7, 11) is 0. The summed E-state index contributed by atoms with van der Waals surface area (Å²) in [6, 6.07) is 15.9. The van der Waals surface area contributed by atoms with Gasteiger partial charge in [-0.1, -0.05) is 61.4 Å². The topological polar surface area (TPSA) is 95.9 Å². The molecule has 180 valence electrons. The smallest absolute Gasteiger partial charge is 0.407 e. The van der Waals surface area contributed by atoms with E-state index in [1.165, 1.54) is 4.90 Å². The minimum Gasteiger partial charge on any atom is -0.480 e. The van der Waals surface area contributed by atoms with E-state index in [4.69, 9.17) is 4.74 Å². The summed E-state index contributed by atoms with van der Waals surface area (Å²) in [5, 5.41) is 12.1. The molecule has 0 spiro atoms. The Bertz CT molecular complexity index is 1040. The minimum absolute atomic E-state index is 0.0383. The van der Waals surface area contributed by atoms with Crippen LogP contribution in [0.4, 0.5) is 4.79 Å². The number of nitrogens with zero attached hydrogens (tertiary/aromatic N) is 1. The third-order valence-corrected chi connectivity index (χ3v) is 7.33. The summed E-state index contributed by atoms with van der Waals surface area (Å²) in [5.74, 6) is -1.32. The van der Waals surface area contributed by atoms with Crippen molar-refractivity contribution in [2.24, 2.45) is 5.41 Å². The zero-order valence-corrected chi connectivity index (χ0v) is 19.8. The number of benzene rings is 2. The molecule has 0 radical (unpaired) electrons. The molecule has 2 N–H and O–H groups in total. The average Bonchev–Trinajstić information content (AvgIpc) is 3.16. The van der Waals surface area contributed by atoms with Gasteiger partial charge in [-0.25, -0.2) is 4.79 Å². The number of carboxylic acids is 1. The average molecular weight is 465 g/mol. The van der Waals surface area contributed by atoms with Gasteiger partial charge in [-0.15, -0.1) is 0 Å². The van der Waals surface area contributed by atoms with Gasteiger partial charge >= 0.3 is 12.1 Å². The normalized spacial score (nSPS) is 21.3. The molecule has 1 saturated carbocycles. The maximum Gasteiger partial charge on any atom is 0.407 e. The maximum atomic E-state index is 13.3. The highest BCUT2D eigenvalue weighted by molar-refractivity contribution is 5.87. The van der Waals surface area contributed by atoms with E-state index in [0.29, 0.717) is 19.4 Å². The van der Waals surface area contributed by atoms with E-state index in [0.717, 1.165) is 35.1 Å². The van der Waals surface area contributed by atoms with Gasteiger partial charge in [-0.05, 0) is 48.9 Å². The quantitative estimate of drug-likeness (QED) is 0.633. The number of carbonyl (C=O) groups is 3. The van der Waals surface area contributed by atoms with Crippen molar-refractivity contribution in [2.75, 3.05) is 19.7 Å². The third-order valence-electron chi connectivity index (χ3n) is 7.33. The van der Waals surface area contributed by atoms with Crippen molar-refractivity contribution in [3.63, 3.8) is 0 Å². The monoisotopic (exact) mass is 464 g/mol. The highest BCUT2D eigenvalue weighted by atomic mass is 16.5. The van der Waals surface area contributed by atoms with Crippen molar-refractivity contribution in [1.29, 1.82) is 0 Å². The molecule has 2 aromatic rings. The predicted molar refractivity (Wildman–Crippen MR) is 128 cm³/mol. The number of rotatable bonds is 7. The Labute approximate surface area is 200 Å². The van der Waals surface area contributed by atoms with Crippen LogP contribution < -0.4 is 5.32 Å². The number of carbonyl (C=O) groups excluding carboxylic acids is 2. The van der Waals surface area contributed by atoms with E-state index in [9.17, 15) is 19.5 Å². The third kappa shape index (κ3) is 4.52. The number of fused-ring (bicyclic) bond motifs is 3. The number of hydrogen-bond donors (Lipinski definition) is 2. The van der Waals surface area contributed by atoms with Gasteiger partial charge in [0.1, 0.15) is 13.2 Å². The van der Waals surface area contributed by atoms with E-state index < -0.39 is 23.5 Å². The molecule has 0 aromatic heterocycles. The predicted octanol–water partition coefficient (Wildman–Crippen LogP) is 4.41. The molecule has 7 heteroatoms. The van der Waals surface area contributed by atoms with Gasteiger partial charge in [-0.3, -0.25) is 9.59 Å². The minimum atomic E-state index is -1.05. The second-order valence-corrected chi connectivity index (χ2v) is 9.40. The van der Waals surface area contributed by atoms with Gasteiger partial charge in [0.2, 0.25) is 5.91 Å². The Balaban J connectivity index is 1.45. The Morgan fingerprint density at radius 3 is 2.26 bits per heavy atom. The molecule has 2 atom stereocenters. The second-order valence-electron chi connectivity index (χ2n) is 9.40. The maximum absolute atomic E-state index is 13.3. The van der Waals surface area contributed by atoms with Crippen LogP contribution >= 0.6 is 0 Å². The van der Waals surface area contributed by atoms with Crippen LogP contribution in [0, 0.1) is 5.41 Å². The fourth-order valence-electron chi connectivity index (χ4n) is 5.45. The fraction of sp³-hybridized carbons (Fsp3) is 0.444. The molecule has 0 saturated heterocycles. The van der Waals surface area contributed by atoms with Gasteiger partial charge in [-0.2, -0.15) is 0 Å². The first-order valence-corrected chi connectivity index (χ1v) is 12.0. The Morgan fingerprint density at radius 1 is 1.06 bits per heavy atom. The zero-order valence-electron chi connectivity index (χ0n) is 19.8. The zero-order chi connectivity index (χ0) is 24.3. The van der Waals surface area contributed by atoms with Crippen LogP contribution in [0.25, 0.3) is 11.1 Å². The second kappa shape index (κ2) is 9.87. The molecular weight excluding hydrogens is 432 g/mol. The van der Waals surface area contributed by atoms with Crippen LogP contribution in [0.15, 0.2) is 48.5 Å². The number of alkyl carbamates (subject to hydrolysis) is 1. The van der Waals surface area contributed by atoms with E-state index in [2.05, 4.69) is 29.6 Å². The summed E-state index contributed by atoms with van der Waals surface area (Å²) in [5.41, 5.74) is 3.74. The number of aliphatic carboxylic acids is 1. The van der Waals surface area contributed by atoms with E-state index in [-0.39, 0.29) is 25.0 Å². The van der Waals surface area contributed by atoms with E-state index in [1.807, 2.05) is 31.2 Å². The lowest BCUT2D eigenvalue weighted by atomic mass is 9.70. The molecule has 7 nitrogen and oxygen atoms in total. The summed E-state index contributed by atoms with van der Waals surface area (Å²) < 4.78 is 5.70. The standard InChI is InChI=1S/C27H32N2O5/c1-3-29(16-24(30)31)25(32)27(2)15-9-8-14-23(27)28-26(33)34-17-22-20-12-6-4-10-18(20)19-11-5-7-13-21(19)22/h4-7,10-13,22-23H,3,8-9,14-17H2,1-2H3,(H,28,33)(H,30,31). The lowest BCUT2D eigenvalue weighted by molar-refractivity contribution is -0.151. The first kappa shape index (κ1) is 23.8. The summed E-state index contributed by atoms with van der Waals surface area (Å²) in [6.45, 7) is 3.76. The number of amides is 2. The molecule has 34 heavy (non-hydrogen) atoms. The highest BCUT2D eigenvalue weighted by Gasteiger charge is 2.46. The molecule has 2 aliphatic rings. The highest BCUT2D eigenvalue weighted by Crippen LogP contribution is 2.44. The molecule has 2 aromatic carbocycles. The molecule has 2 unspecified atom stereocenters. The molecule has 1 fully saturated rings. The summed E-state index contributed by atoms with van der Waals surface area (Å²) >= 11 is 0. The molecule has 2 aliphatic carbocycles. The number of likely N-dealkylation sites (N-methyl/N-ethyl adjacent to an activating group) is 1. The van der Waals surface area contributed by atoms with Gasteiger partial charge < -0.3 is 20.1 Å². The number of nitrogens with one attached hydrogen (secondary N) is 1. The van der Waals surface area contributed by atoms with Gasteiger partial charge in [0, 0.05) is 18.5 Å². The molecule has 4 rings (SSSR count). The van der Waals surface area contributed by atoms with Crippen LogP contribution in [0.2, 0.25) is 0 Å². The summed E-state index contributed by atoms with van der Waals surface area (Å²) in [4.78, 5) is 38.7. The van der Waals surface area contributed by atoms with Crippen molar-refractivity contribution in [3.05, 3.63) is 59.7 Å². The first-order valence-electron chi connectivity index (χ1n) is 12.0. The SMILES string of the molecule is CCN(CC(=O)O)C(=O)C1(C)CCCCC1NC(=O)OCC1c2ccccc2-c2ccccc21. The van der Waals surface area contributed by atoms with Crippen molar-refractivity contribution in [1.82, 2.24) is 10.2 Å². The molecule has 0 bridgehead atoms. The lowest BCUT2D eigenvalue weighted by Crippen LogP contribution is -2.57. The summed E-state index contributed by atoms with van der Waals surface area (Å²) in [6.07, 6.45) is 2.44. The Morgan fingerprint density at radius 2 is 1.68 bits per heavy atom. The molecule has 0 aliphatic heterocycles. The van der Waals surface area contributed by atoms with Crippen molar-refractivity contribution >= 4 is 18.0 Å². The van der Waals surface area contributed by atoms with Crippen molar-refractivity contribution in [2.45, 2.75) is 51.5 Å². The fourth-order valence-corrected chi connectivity index (χ4v) is 5.45. The lowest BCUT2D eigenvalue weighted by Gasteiger charge is -2.42. The Hall–Kier alpha value is -3.35. The van der Waals surface area contributed by atoms with Crippen molar-refractivity contribution in [3.8, 4) is 11.1 Å². The largest absolute Gasteiger partial charge is 0.480 e. The van der Waals surface area contributed by atoms with Gasteiger partial charge in [0.25, 0.3) is 0 Å². The van der Waals surface area contributed by atoms with Crippen LogP contribution in [0.5, 0.6) is 0 Å². The van der Waals surface area contributed by atoms with Crippen LogP contribution in [-0.2, 0) is 14.3 Å².